The number of hydrogen-bond donors (Lipinski definition) is 0. The van der Waals surface area contributed by atoms with Gasteiger partial charge in [0.2, 0.25) is 0 Å². The van der Waals surface area contributed by atoms with Crippen LogP contribution in [0.2, 0.25) is 0 Å². The molecular formula is C18H24N2O. The summed E-state index contributed by atoms with van der Waals surface area (Å²) in [6.45, 7) is 8.20. The molecule has 0 saturated heterocycles. The molecule has 0 radical (unpaired) electrons. The van der Waals surface area contributed by atoms with Gasteiger partial charge < -0.3 is 9.30 Å². The van der Waals surface area contributed by atoms with E-state index in [2.05, 4.69) is 48.5 Å². The lowest BCUT2D eigenvalue weighted by atomic mass is 10.1. The Bertz CT molecular complexity index is 553. The van der Waals surface area contributed by atoms with Crippen LogP contribution in [0.4, 0.5) is 0 Å². The lowest BCUT2D eigenvalue weighted by Gasteiger charge is -2.08. The first-order chi connectivity index (χ1) is 10.1. The first kappa shape index (κ1) is 15.4. The molecule has 0 fully saturated rings. The van der Waals surface area contributed by atoms with Gasteiger partial charge in [0.25, 0.3) is 0 Å². The normalized spacial score (nSPS) is 11.9. The van der Waals surface area contributed by atoms with Gasteiger partial charge in [0.15, 0.2) is 0 Å². The number of aromatic nitrogens is 2. The second-order valence-electron chi connectivity index (χ2n) is 5.83. The summed E-state index contributed by atoms with van der Waals surface area (Å²) in [4.78, 5) is 4.05. The van der Waals surface area contributed by atoms with Crippen molar-refractivity contribution in [2.24, 2.45) is 5.92 Å². The van der Waals surface area contributed by atoms with Gasteiger partial charge >= 0.3 is 0 Å². The maximum absolute atomic E-state index is 5.73. The molecule has 0 spiro atoms. The lowest BCUT2D eigenvalue weighted by Crippen LogP contribution is -2.01. The van der Waals surface area contributed by atoms with Gasteiger partial charge in [0.1, 0.15) is 5.75 Å². The summed E-state index contributed by atoms with van der Waals surface area (Å²) >= 11 is 0. The van der Waals surface area contributed by atoms with Gasteiger partial charge in [0, 0.05) is 18.9 Å². The minimum atomic E-state index is 0.679. The summed E-state index contributed by atoms with van der Waals surface area (Å²) in [6, 6.07) is 8.28. The molecule has 0 aliphatic heterocycles. The Morgan fingerprint density at radius 2 is 2.05 bits per heavy atom. The van der Waals surface area contributed by atoms with Crippen molar-refractivity contribution < 1.29 is 4.74 Å². The van der Waals surface area contributed by atoms with Crippen LogP contribution in [0.1, 0.15) is 32.8 Å². The number of nitrogens with zero attached hydrogens (tertiary/aromatic N) is 2. The lowest BCUT2D eigenvalue weighted by molar-refractivity contribution is 0.289. The predicted molar refractivity (Wildman–Crippen MR) is 87.3 cm³/mol. The van der Waals surface area contributed by atoms with Crippen LogP contribution in [0.25, 0.3) is 6.08 Å². The maximum Gasteiger partial charge on any atom is 0.119 e. The molecule has 0 aliphatic rings. The summed E-state index contributed by atoms with van der Waals surface area (Å²) in [5.41, 5.74) is 2.49. The van der Waals surface area contributed by atoms with Crippen LogP contribution in [0.15, 0.2) is 48.6 Å². The Labute approximate surface area is 127 Å². The molecule has 1 heterocycles. The molecule has 0 atom stereocenters. The van der Waals surface area contributed by atoms with E-state index < -0.39 is 0 Å². The van der Waals surface area contributed by atoms with Crippen molar-refractivity contribution in [1.82, 2.24) is 9.55 Å². The Kier molecular flexibility index (Phi) is 5.61. The van der Waals surface area contributed by atoms with Crippen LogP contribution < -0.4 is 4.74 Å². The maximum atomic E-state index is 5.73. The van der Waals surface area contributed by atoms with Gasteiger partial charge in [-0.15, -0.1) is 0 Å². The van der Waals surface area contributed by atoms with Gasteiger partial charge in [-0.2, -0.15) is 0 Å². The van der Waals surface area contributed by atoms with E-state index in [0.29, 0.717) is 5.92 Å². The van der Waals surface area contributed by atoms with Crippen LogP contribution in [0.5, 0.6) is 5.75 Å². The monoisotopic (exact) mass is 284 g/mol. The van der Waals surface area contributed by atoms with Gasteiger partial charge in [-0.05, 0) is 37.0 Å². The highest BCUT2D eigenvalue weighted by molar-refractivity contribution is 5.53. The van der Waals surface area contributed by atoms with E-state index in [0.717, 1.165) is 25.3 Å². The molecule has 21 heavy (non-hydrogen) atoms. The van der Waals surface area contributed by atoms with E-state index in [1.54, 1.807) is 6.20 Å². The standard InChI is InChI=1S/C18H24N2O/c1-15(2)8-11-21-18-6-4-17(5-7-18)12-16(3)13-20-10-9-19-14-20/h4-7,9-10,12,14-15H,8,11,13H2,1-3H3. The molecule has 0 aliphatic carbocycles. The third-order valence-electron chi connectivity index (χ3n) is 3.25. The number of hydrogen-bond acceptors (Lipinski definition) is 2. The van der Waals surface area contributed by atoms with Crippen LogP contribution in [0, 0.1) is 5.92 Å². The van der Waals surface area contributed by atoms with E-state index in [9.17, 15) is 0 Å². The Balaban J connectivity index is 1.89. The van der Waals surface area contributed by atoms with Crippen molar-refractivity contribution in [2.45, 2.75) is 33.7 Å². The van der Waals surface area contributed by atoms with Crippen molar-refractivity contribution in [3.8, 4) is 5.75 Å². The number of allylic oxidation sites excluding steroid dienone is 1. The summed E-state index contributed by atoms with van der Waals surface area (Å²) in [5, 5.41) is 0. The van der Waals surface area contributed by atoms with Crippen molar-refractivity contribution in [3.05, 3.63) is 54.1 Å². The molecular weight excluding hydrogens is 260 g/mol. The summed E-state index contributed by atoms with van der Waals surface area (Å²) in [7, 11) is 0. The molecule has 0 amide bonds. The summed E-state index contributed by atoms with van der Waals surface area (Å²) < 4.78 is 7.79. The zero-order chi connectivity index (χ0) is 15.1. The molecule has 0 unspecified atom stereocenters. The highest BCUT2D eigenvalue weighted by Crippen LogP contribution is 2.16. The van der Waals surface area contributed by atoms with Crippen molar-refractivity contribution in [2.75, 3.05) is 6.61 Å². The molecule has 112 valence electrons. The average Bonchev–Trinajstić information content (AvgIpc) is 2.93. The van der Waals surface area contributed by atoms with Gasteiger partial charge in [-0.25, -0.2) is 4.98 Å². The molecule has 3 nitrogen and oxygen atoms in total. The molecule has 2 aromatic rings. The summed E-state index contributed by atoms with van der Waals surface area (Å²) in [5.74, 6) is 1.62. The molecule has 1 aromatic heterocycles. The Morgan fingerprint density at radius 1 is 1.29 bits per heavy atom. The number of ether oxygens (including phenoxy) is 1. The van der Waals surface area contributed by atoms with Gasteiger partial charge in [0.05, 0.1) is 12.9 Å². The highest BCUT2D eigenvalue weighted by atomic mass is 16.5. The molecule has 3 heteroatoms. The van der Waals surface area contributed by atoms with E-state index >= 15 is 0 Å². The fourth-order valence-electron chi connectivity index (χ4n) is 2.07. The summed E-state index contributed by atoms with van der Waals surface area (Å²) in [6.07, 6.45) is 8.89. The second kappa shape index (κ2) is 7.67. The minimum absolute atomic E-state index is 0.679. The van der Waals surface area contributed by atoms with Crippen molar-refractivity contribution in [3.63, 3.8) is 0 Å². The number of imidazole rings is 1. The SMILES string of the molecule is CC(=Cc1ccc(OCCC(C)C)cc1)Cn1ccnc1. The van der Waals surface area contributed by atoms with Crippen LogP contribution in [-0.2, 0) is 6.54 Å². The average molecular weight is 284 g/mol. The zero-order valence-corrected chi connectivity index (χ0v) is 13.1. The molecule has 2 rings (SSSR count). The fraction of sp³-hybridized carbons (Fsp3) is 0.389. The first-order valence-corrected chi connectivity index (χ1v) is 7.49. The minimum Gasteiger partial charge on any atom is -0.494 e. The largest absolute Gasteiger partial charge is 0.494 e. The molecule has 0 N–H and O–H groups in total. The first-order valence-electron chi connectivity index (χ1n) is 7.49. The van der Waals surface area contributed by atoms with E-state index in [4.69, 9.17) is 4.74 Å². The van der Waals surface area contributed by atoms with Gasteiger partial charge in [-0.1, -0.05) is 37.6 Å². The zero-order valence-electron chi connectivity index (χ0n) is 13.1. The van der Waals surface area contributed by atoms with E-state index in [1.165, 1.54) is 11.1 Å². The van der Waals surface area contributed by atoms with Crippen molar-refractivity contribution in [1.29, 1.82) is 0 Å². The Morgan fingerprint density at radius 3 is 2.67 bits per heavy atom. The fourth-order valence-corrected chi connectivity index (χ4v) is 2.07. The highest BCUT2D eigenvalue weighted by Gasteiger charge is 1.98. The molecule has 1 aromatic carbocycles. The number of benzene rings is 1. The molecule has 0 saturated carbocycles. The topological polar surface area (TPSA) is 27.1 Å². The van der Waals surface area contributed by atoms with E-state index in [-0.39, 0.29) is 0 Å². The Hall–Kier alpha value is -2.03. The van der Waals surface area contributed by atoms with E-state index in [1.807, 2.05) is 24.7 Å². The van der Waals surface area contributed by atoms with Crippen molar-refractivity contribution >= 4 is 6.08 Å². The van der Waals surface area contributed by atoms with Crippen LogP contribution >= 0.6 is 0 Å². The molecule has 0 bridgehead atoms. The smallest absolute Gasteiger partial charge is 0.119 e. The van der Waals surface area contributed by atoms with Gasteiger partial charge in [-0.3, -0.25) is 0 Å². The third kappa shape index (κ3) is 5.46. The predicted octanol–water partition coefficient (Wildman–Crippen LogP) is 4.41. The van der Waals surface area contributed by atoms with Crippen LogP contribution in [-0.4, -0.2) is 16.2 Å². The third-order valence-corrected chi connectivity index (χ3v) is 3.25. The number of rotatable bonds is 7. The quantitative estimate of drug-likeness (QED) is 0.753. The van der Waals surface area contributed by atoms with Crippen LogP contribution in [0.3, 0.4) is 0 Å². The second-order valence-corrected chi connectivity index (χ2v) is 5.83.